The second-order valence-electron chi connectivity index (χ2n) is 4.77. The summed E-state index contributed by atoms with van der Waals surface area (Å²) in [5.41, 5.74) is 0.709. The van der Waals surface area contributed by atoms with Gasteiger partial charge in [-0.1, -0.05) is 13.0 Å². The minimum Gasteiger partial charge on any atom is -0.346 e. The topological polar surface area (TPSA) is 18.5 Å². The maximum Gasteiger partial charge on any atom is 0.173 e. The van der Waals surface area contributed by atoms with Gasteiger partial charge in [-0.25, -0.2) is 4.39 Å². The number of thiocarbonyl (C=S) groups is 1. The van der Waals surface area contributed by atoms with Crippen LogP contribution in [0.5, 0.6) is 0 Å². The van der Waals surface area contributed by atoms with Crippen molar-refractivity contribution in [3.63, 3.8) is 0 Å². The smallest absolute Gasteiger partial charge is 0.173 e. The van der Waals surface area contributed by atoms with Crippen LogP contribution in [0.1, 0.15) is 13.3 Å². The van der Waals surface area contributed by atoms with Crippen LogP contribution in [0.4, 0.5) is 10.1 Å². The molecule has 19 heavy (non-hydrogen) atoms. The molecule has 0 amide bonds. The average molecular weight is 281 g/mol. The summed E-state index contributed by atoms with van der Waals surface area (Å²) in [6.07, 6.45) is 1.19. The number of benzene rings is 1. The van der Waals surface area contributed by atoms with Crippen LogP contribution in [0.2, 0.25) is 0 Å². The highest BCUT2D eigenvalue weighted by Crippen LogP contribution is 2.11. The predicted octanol–water partition coefficient (Wildman–Crippen LogP) is 2.55. The Kier molecular flexibility index (Phi) is 5.10. The highest BCUT2D eigenvalue weighted by atomic mass is 32.1. The number of halogens is 1. The summed E-state index contributed by atoms with van der Waals surface area (Å²) in [5.74, 6) is -0.249. The van der Waals surface area contributed by atoms with Crippen LogP contribution in [-0.2, 0) is 0 Å². The zero-order valence-electron chi connectivity index (χ0n) is 11.2. The maximum atomic E-state index is 13.1. The SMILES string of the molecule is CCCN1CCN(C(=S)Nc2cccc(F)c2)CC1. The van der Waals surface area contributed by atoms with E-state index in [-0.39, 0.29) is 5.82 Å². The van der Waals surface area contributed by atoms with Gasteiger partial charge < -0.3 is 10.2 Å². The Bertz CT molecular complexity index is 430. The minimum atomic E-state index is -0.249. The normalized spacial score (nSPS) is 16.4. The molecule has 1 fully saturated rings. The molecule has 0 unspecified atom stereocenters. The first-order valence-corrected chi connectivity index (χ1v) is 7.13. The van der Waals surface area contributed by atoms with Crippen LogP contribution in [-0.4, -0.2) is 47.6 Å². The van der Waals surface area contributed by atoms with Crippen molar-refractivity contribution in [3.05, 3.63) is 30.1 Å². The van der Waals surface area contributed by atoms with Gasteiger partial charge in [0.25, 0.3) is 0 Å². The van der Waals surface area contributed by atoms with Gasteiger partial charge in [-0.3, -0.25) is 4.90 Å². The largest absolute Gasteiger partial charge is 0.346 e. The molecule has 0 aliphatic carbocycles. The summed E-state index contributed by atoms with van der Waals surface area (Å²) < 4.78 is 13.1. The summed E-state index contributed by atoms with van der Waals surface area (Å²) in [5, 5.41) is 3.78. The quantitative estimate of drug-likeness (QED) is 0.858. The van der Waals surface area contributed by atoms with E-state index in [4.69, 9.17) is 12.2 Å². The molecule has 0 atom stereocenters. The molecule has 1 N–H and O–H groups in total. The zero-order chi connectivity index (χ0) is 13.7. The maximum absolute atomic E-state index is 13.1. The van der Waals surface area contributed by atoms with Crippen LogP contribution < -0.4 is 5.32 Å². The van der Waals surface area contributed by atoms with Gasteiger partial charge in [0.15, 0.2) is 5.11 Å². The zero-order valence-corrected chi connectivity index (χ0v) is 12.0. The molecule has 1 aromatic carbocycles. The molecule has 3 nitrogen and oxygen atoms in total. The van der Waals surface area contributed by atoms with E-state index in [1.54, 1.807) is 6.07 Å². The number of rotatable bonds is 3. The number of nitrogens with one attached hydrogen (secondary N) is 1. The van der Waals surface area contributed by atoms with Crippen molar-refractivity contribution >= 4 is 23.0 Å². The molecule has 0 bridgehead atoms. The van der Waals surface area contributed by atoms with Crippen molar-refractivity contribution in [1.82, 2.24) is 9.80 Å². The molecule has 104 valence electrons. The molecule has 1 heterocycles. The third-order valence-corrected chi connectivity index (χ3v) is 3.64. The molecule has 1 aliphatic heterocycles. The fourth-order valence-electron chi connectivity index (χ4n) is 2.26. The summed E-state index contributed by atoms with van der Waals surface area (Å²) >= 11 is 5.38. The lowest BCUT2D eigenvalue weighted by atomic mass is 10.3. The Hall–Kier alpha value is -1.20. The Morgan fingerprint density at radius 1 is 1.32 bits per heavy atom. The number of hydrogen-bond acceptors (Lipinski definition) is 2. The highest BCUT2D eigenvalue weighted by Gasteiger charge is 2.18. The van der Waals surface area contributed by atoms with Crippen LogP contribution >= 0.6 is 12.2 Å². The predicted molar refractivity (Wildman–Crippen MR) is 80.9 cm³/mol. The van der Waals surface area contributed by atoms with E-state index < -0.39 is 0 Å². The Labute approximate surface area is 119 Å². The minimum absolute atomic E-state index is 0.249. The molecule has 1 saturated heterocycles. The number of hydrogen-bond donors (Lipinski definition) is 1. The third kappa shape index (κ3) is 4.14. The summed E-state index contributed by atoms with van der Waals surface area (Å²) in [6, 6.07) is 6.39. The first-order chi connectivity index (χ1) is 9.19. The van der Waals surface area contributed by atoms with E-state index in [1.807, 2.05) is 6.07 Å². The van der Waals surface area contributed by atoms with Crippen molar-refractivity contribution < 1.29 is 4.39 Å². The van der Waals surface area contributed by atoms with Crippen LogP contribution in [0.25, 0.3) is 0 Å². The number of anilines is 1. The van der Waals surface area contributed by atoms with Gasteiger partial charge in [0.2, 0.25) is 0 Å². The Morgan fingerprint density at radius 3 is 2.68 bits per heavy atom. The molecule has 0 radical (unpaired) electrons. The molecule has 1 aliphatic rings. The lowest BCUT2D eigenvalue weighted by molar-refractivity contribution is 0.184. The average Bonchev–Trinajstić information content (AvgIpc) is 2.40. The summed E-state index contributed by atoms with van der Waals surface area (Å²) in [6.45, 7) is 7.29. The van der Waals surface area contributed by atoms with E-state index in [0.717, 1.165) is 32.7 Å². The highest BCUT2D eigenvalue weighted by molar-refractivity contribution is 7.80. The van der Waals surface area contributed by atoms with Gasteiger partial charge >= 0.3 is 0 Å². The fraction of sp³-hybridized carbons (Fsp3) is 0.500. The van der Waals surface area contributed by atoms with Gasteiger partial charge in [0, 0.05) is 31.9 Å². The van der Waals surface area contributed by atoms with Crippen LogP contribution in [0, 0.1) is 5.82 Å². The second-order valence-corrected chi connectivity index (χ2v) is 5.16. The number of piperazine rings is 1. The van der Waals surface area contributed by atoms with Gasteiger partial charge in [0.1, 0.15) is 5.82 Å². The monoisotopic (exact) mass is 281 g/mol. The molecule has 1 aromatic rings. The van der Waals surface area contributed by atoms with Crippen molar-refractivity contribution in [1.29, 1.82) is 0 Å². The van der Waals surface area contributed by atoms with Crippen molar-refractivity contribution in [2.24, 2.45) is 0 Å². The Morgan fingerprint density at radius 2 is 2.05 bits per heavy atom. The molecule has 5 heteroatoms. The third-order valence-electron chi connectivity index (χ3n) is 3.28. The van der Waals surface area contributed by atoms with E-state index in [2.05, 4.69) is 22.0 Å². The molecule has 0 aromatic heterocycles. The molecular formula is C14H20FN3S. The lowest BCUT2D eigenvalue weighted by Gasteiger charge is -2.36. The van der Waals surface area contributed by atoms with Crippen molar-refractivity contribution in [3.8, 4) is 0 Å². The van der Waals surface area contributed by atoms with E-state index in [9.17, 15) is 4.39 Å². The Balaban J connectivity index is 1.84. The van der Waals surface area contributed by atoms with Gasteiger partial charge in [-0.05, 0) is 43.4 Å². The first kappa shape index (κ1) is 14.2. The molecule has 0 saturated carbocycles. The van der Waals surface area contributed by atoms with E-state index in [1.165, 1.54) is 18.6 Å². The second kappa shape index (κ2) is 6.82. The van der Waals surface area contributed by atoms with Gasteiger partial charge in [0.05, 0.1) is 0 Å². The summed E-state index contributed by atoms with van der Waals surface area (Å²) in [7, 11) is 0. The van der Waals surface area contributed by atoms with E-state index in [0.29, 0.717) is 10.8 Å². The first-order valence-electron chi connectivity index (χ1n) is 6.73. The lowest BCUT2D eigenvalue weighted by Crippen LogP contribution is -2.49. The molecular weight excluding hydrogens is 261 g/mol. The number of nitrogens with zero attached hydrogens (tertiary/aromatic N) is 2. The summed E-state index contributed by atoms with van der Waals surface area (Å²) in [4.78, 5) is 4.59. The standard InChI is InChI=1S/C14H20FN3S/c1-2-6-17-7-9-18(10-8-17)14(19)16-13-5-3-4-12(15)11-13/h3-5,11H,2,6-10H2,1H3,(H,16,19). The van der Waals surface area contributed by atoms with E-state index >= 15 is 0 Å². The van der Waals surface area contributed by atoms with Gasteiger partial charge in [-0.2, -0.15) is 0 Å². The van der Waals surface area contributed by atoms with Crippen LogP contribution in [0.3, 0.4) is 0 Å². The fourth-order valence-corrected chi connectivity index (χ4v) is 2.56. The van der Waals surface area contributed by atoms with Gasteiger partial charge in [-0.15, -0.1) is 0 Å². The van der Waals surface area contributed by atoms with Crippen molar-refractivity contribution in [2.75, 3.05) is 38.0 Å². The molecule has 0 spiro atoms. The molecule has 2 rings (SSSR count). The van der Waals surface area contributed by atoms with Crippen molar-refractivity contribution in [2.45, 2.75) is 13.3 Å². The van der Waals surface area contributed by atoms with Crippen LogP contribution in [0.15, 0.2) is 24.3 Å².